The number of hydrazone groups is 1. The summed E-state index contributed by atoms with van der Waals surface area (Å²) in [6.07, 6.45) is 1.22. The summed E-state index contributed by atoms with van der Waals surface area (Å²) in [6.45, 7) is 2.19. The van der Waals surface area contributed by atoms with Crippen molar-refractivity contribution in [1.82, 2.24) is 5.43 Å². The molecule has 0 aromatic heterocycles. The zero-order valence-electron chi connectivity index (χ0n) is 13.9. The average molecular weight is 359 g/mol. The predicted molar refractivity (Wildman–Crippen MR) is 93.6 cm³/mol. The standard InChI is InChI=1S/C17H17N3O6/c1-2-25-13-4-6-14(7-5-13)26-11-17(22)19-18-10-12-3-8-16(21)15(9-12)20(23)24/h3-10,21H,2,11H2,1H3,(H,19,22)/b18-10+. The number of carbonyl (C=O) groups is 1. The van der Waals surface area contributed by atoms with Gasteiger partial charge in [-0.3, -0.25) is 14.9 Å². The summed E-state index contributed by atoms with van der Waals surface area (Å²) in [4.78, 5) is 21.7. The lowest BCUT2D eigenvalue weighted by Crippen LogP contribution is -2.24. The molecule has 9 nitrogen and oxygen atoms in total. The van der Waals surface area contributed by atoms with Crippen LogP contribution < -0.4 is 14.9 Å². The Morgan fingerprint density at radius 1 is 1.23 bits per heavy atom. The van der Waals surface area contributed by atoms with E-state index in [-0.39, 0.29) is 6.61 Å². The van der Waals surface area contributed by atoms with Crippen LogP contribution >= 0.6 is 0 Å². The van der Waals surface area contributed by atoms with Crippen LogP contribution in [0.3, 0.4) is 0 Å². The Hall–Kier alpha value is -3.62. The number of phenolic OH excluding ortho intramolecular Hbond substituents is 1. The fourth-order valence-corrected chi connectivity index (χ4v) is 1.93. The summed E-state index contributed by atoms with van der Waals surface area (Å²) in [6, 6.07) is 10.6. The Labute approximate surface area is 149 Å². The van der Waals surface area contributed by atoms with E-state index in [4.69, 9.17) is 9.47 Å². The second kappa shape index (κ2) is 9.02. The number of aromatic hydroxyl groups is 1. The monoisotopic (exact) mass is 359 g/mol. The minimum atomic E-state index is -0.712. The Morgan fingerprint density at radius 3 is 2.50 bits per heavy atom. The smallest absolute Gasteiger partial charge is 0.311 e. The summed E-state index contributed by atoms with van der Waals surface area (Å²) in [5, 5.41) is 23.8. The van der Waals surface area contributed by atoms with Gasteiger partial charge in [-0.05, 0) is 43.3 Å². The number of amides is 1. The van der Waals surface area contributed by atoms with Crippen molar-refractivity contribution >= 4 is 17.8 Å². The van der Waals surface area contributed by atoms with E-state index in [0.717, 1.165) is 6.07 Å². The second-order valence-corrected chi connectivity index (χ2v) is 4.99. The molecule has 0 aliphatic heterocycles. The van der Waals surface area contributed by atoms with Gasteiger partial charge in [-0.1, -0.05) is 0 Å². The number of benzene rings is 2. The summed E-state index contributed by atoms with van der Waals surface area (Å²) < 4.78 is 10.6. The Kier molecular flexibility index (Phi) is 6.49. The highest BCUT2D eigenvalue weighted by Gasteiger charge is 2.12. The average Bonchev–Trinajstić information content (AvgIpc) is 2.62. The molecule has 2 aromatic rings. The number of hydrogen-bond donors (Lipinski definition) is 2. The zero-order valence-corrected chi connectivity index (χ0v) is 13.9. The van der Waals surface area contributed by atoms with Crippen molar-refractivity contribution in [3.8, 4) is 17.2 Å². The molecule has 0 saturated carbocycles. The van der Waals surface area contributed by atoms with Crippen LogP contribution in [0.25, 0.3) is 0 Å². The van der Waals surface area contributed by atoms with E-state index < -0.39 is 22.3 Å². The van der Waals surface area contributed by atoms with Gasteiger partial charge < -0.3 is 14.6 Å². The van der Waals surface area contributed by atoms with Gasteiger partial charge in [-0.25, -0.2) is 5.43 Å². The van der Waals surface area contributed by atoms with Gasteiger partial charge in [0.2, 0.25) is 0 Å². The molecule has 2 N–H and O–H groups in total. The molecule has 0 atom stereocenters. The minimum Gasteiger partial charge on any atom is -0.502 e. The third-order valence-corrected chi connectivity index (χ3v) is 3.10. The first-order chi connectivity index (χ1) is 12.5. The summed E-state index contributed by atoms with van der Waals surface area (Å²) >= 11 is 0. The molecule has 0 aliphatic carbocycles. The largest absolute Gasteiger partial charge is 0.502 e. The topological polar surface area (TPSA) is 123 Å². The molecule has 0 fully saturated rings. The Morgan fingerprint density at radius 2 is 1.88 bits per heavy atom. The van der Waals surface area contributed by atoms with Gasteiger partial charge in [0.15, 0.2) is 12.4 Å². The molecule has 1 amide bonds. The SMILES string of the molecule is CCOc1ccc(OCC(=O)N/N=C/c2ccc(O)c([N+](=O)[O-])c2)cc1. The maximum absolute atomic E-state index is 11.7. The third kappa shape index (κ3) is 5.48. The molecular weight excluding hydrogens is 342 g/mol. The molecule has 2 rings (SSSR count). The second-order valence-electron chi connectivity index (χ2n) is 4.99. The summed E-state index contributed by atoms with van der Waals surface area (Å²) in [5.41, 5.74) is 2.15. The van der Waals surface area contributed by atoms with Crippen molar-refractivity contribution < 1.29 is 24.3 Å². The number of hydrogen-bond acceptors (Lipinski definition) is 7. The minimum absolute atomic E-state index is 0.249. The van der Waals surface area contributed by atoms with Crippen LogP contribution in [0.5, 0.6) is 17.2 Å². The number of phenols is 1. The van der Waals surface area contributed by atoms with Gasteiger partial charge in [0, 0.05) is 11.6 Å². The highest BCUT2D eigenvalue weighted by Crippen LogP contribution is 2.25. The van der Waals surface area contributed by atoms with Gasteiger partial charge in [-0.2, -0.15) is 5.10 Å². The van der Waals surface area contributed by atoms with Crippen LogP contribution in [0.4, 0.5) is 5.69 Å². The first kappa shape index (κ1) is 18.7. The van der Waals surface area contributed by atoms with Crippen LogP contribution in [-0.4, -0.2) is 35.4 Å². The van der Waals surface area contributed by atoms with Gasteiger partial charge in [0.05, 0.1) is 17.7 Å². The van der Waals surface area contributed by atoms with E-state index in [1.54, 1.807) is 24.3 Å². The Balaban J connectivity index is 1.83. The molecule has 0 bridgehead atoms. The van der Waals surface area contributed by atoms with E-state index in [9.17, 15) is 20.0 Å². The van der Waals surface area contributed by atoms with E-state index >= 15 is 0 Å². The summed E-state index contributed by atoms with van der Waals surface area (Å²) in [7, 11) is 0. The van der Waals surface area contributed by atoms with Crippen LogP contribution in [0, 0.1) is 10.1 Å². The van der Waals surface area contributed by atoms with Gasteiger partial charge in [0.25, 0.3) is 5.91 Å². The van der Waals surface area contributed by atoms with Crippen molar-refractivity contribution in [2.24, 2.45) is 5.10 Å². The molecule has 0 heterocycles. The first-order valence-electron chi connectivity index (χ1n) is 7.64. The number of nitrogens with one attached hydrogen (secondary N) is 1. The normalized spacial score (nSPS) is 10.5. The number of nitro benzene ring substituents is 1. The van der Waals surface area contributed by atoms with Gasteiger partial charge >= 0.3 is 5.69 Å². The molecule has 2 aromatic carbocycles. The van der Waals surface area contributed by atoms with Crippen LogP contribution in [0.15, 0.2) is 47.6 Å². The third-order valence-electron chi connectivity index (χ3n) is 3.10. The Bertz CT molecular complexity index is 805. The lowest BCUT2D eigenvalue weighted by atomic mass is 10.2. The van der Waals surface area contributed by atoms with Crippen LogP contribution in [-0.2, 0) is 4.79 Å². The van der Waals surface area contributed by atoms with Crippen LogP contribution in [0.2, 0.25) is 0 Å². The molecule has 9 heteroatoms. The van der Waals surface area contributed by atoms with Crippen molar-refractivity contribution in [1.29, 1.82) is 0 Å². The van der Waals surface area contributed by atoms with Gasteiger partial charge in [0.1, 0.15) is 11.5 Å². The lowest BCUT2D eigenvalue weighted by Gasteiger charge is -2.06. The predicted octanol–water partition coefficient (Wildman–Crippen LogP) is 2.23. The quantitative estimate of drug-likeness (QED) is 0.423. The zero-order chi connectivity index (χ0) is 18.9. The first-order valence-corrected chi connectivity index (χ1v) is 7.64. The van der Waals surface area contributed by atoms with E-state index in [1.807, 2.05) is 6.92 Å². The molecule has 0 aliphatic rings. The maximum Gasteiger partial charge on any atom is 0.311 e. The number of carbonyl (C=O) groups excluding carboxylic acids is 1. The van der Waals surface area contributed by atoms with Crippen molar-refractivity contribution in [3.63, 3.8) is 0 Å². The molecule has 0 spiro atoms. The van der Waals surface area contributed by atoms with E-state index in [2.05, 4.69) is 10.5 Å². The number of nitro groups is 1. The fourth-order valence-electron chi connectivity index (χ4n) is 1.93. The van der Waals surface area contributed by atoms with Crippen molar-refractivity contribution in [2.75, 3.05) is 13.2 Å². The summed E-state index contributed by atoms with van der Waals surface area (Å²) in [5.74, 6) is 0.266. The molecule has 0 saturated heterocycles. The number of rotatable bonds is 8. The molecule has 0 radical (unpaired) electrons. The van der Waals surface area contributed by atoms with Gasteiger partial charge in [-0.15, -0.1) is 0 Å². The lowest BCUT2D eigenvalue weighted by molar-refractivity contribution is -0.385. The van der Waals surface area contributed by atoms with Crippen molar-refractivity contribution in [3.05, 3.63) is 58.1 Å². The maximum atomic E-state index is 11.7. The molecule has 136 valence electrons. The molecular formula is C17H17N3O6. The van der Waals surface area contributed by atoms with Crippen molar-refractivity contribution in [2.45, 2.75) is 6.92 Å². The highest BCUT2D eigenvalue weighted by atomic mass is 16.6. The molecule has 0 unspecified atom stereocenters. The van der Waals surface area contributed by atoms with E-state index in [0.29, 0.717) is 23.7 Å². The van der Waals surface area contributed by atoms with E-state index in [1.165, 1.54) is 18.3 Å². The molecule has 26 heavy (non-hydrogen) atoms. The number of ether oxygens (including phenoxy) is 2. The van der Waals surface area contributed by atoms with Crippen LogP contribution in [0.1, 0.15) is 12.5 Å². The number of nitrogens with zero attached hydrogens (tertiary/aromatic N) is 2. The highest BCUT2D eigenvalue weighted by molar-refractivity contribution is 5.84. The fraction of sp³-hybridized carbons (Fsp3) is 0.176.